The van der Waals surface area contributed by atoms with E-state index < -0.39 is 0 Å². The third-order valence-electron chi connectivity index (χ3n) is 5.30. The maximum atomic E-state index is 13.4. The van der Waals surface area contributed by atoms with E-state index in [1.54, 1.807) is 24.3 Å². The van der Waals surface area contributed by atoms with Crippen LogP contribution < -0.4 is 10.1 Å². The van der Waals surface area contributed by atoms with Gasteiger partial charge in [-0.25, -0.2) is 4.39 Å². The van der Waals surface area contributed by atoms with Crippen molar-refractivity contribution in [1.29, 1.82) is 0 Å². The van der Waals surface area contributed by atoms with Crippen LogP contribution in [0, 0.1) is 5.82 Å². The van der Waals surface area contributed by atoms with Gasteiger partial charge in [0.1, 0.15) is 17.3 Å². The Kier molecular flexibility index (Phi) is 6.92. The Morgan fingerprint density at radius 2 is 1.65 bits per heavy atom. The average Bonchev–Trinajstić information content (AvgIpc) is 2.82. The van der Waals surface area contributed by atoms with Crippen LogP contribution in [0.3, 0.4) is 0 Å². The number of nitrogens with zero attached hydrogens (tertiary/aromatic N) is 1. The topological polar surface area (TPSA) is 50.8 Å². The molecule has 0 aliphatic carbocycles. The maximum Gasteiger partial charge on any atom is 0.255 e. The van der Waals surface area contributed by atoms with E-state index in [0.29, 0.717) is 36.8 Å². The van der Waals surface area contributed by atoms with E-state index in [1.807, 2.05) is 42.5 Å². The van der Waals surface area contributed by atoms with E-state index in [2.05, 4.69) is 10.2 Å². The average molecular weight is 420 g/mol. The number of nitrogens with one attached hydrogen (secondary N) is 1. The lowest BCUT2D eigenvalue weighted by Crippen LogP contribution is -2.43. The van der Waals surface area contributed by atoms with Crippen LogP contribution in [0.4, 0.5) is 4.39 Å². The molecule has 160 valence electrons. The van der Waals surface area contributed by atoms with Crippen molar-refractivity contribution in [1.82, 2.24) is 10.2 Å². The summed E-state index contributed by atoms with van der Waals surface area (Å²) in [7, 11) is 0. The number of hydrogen-bond donors (Lipinski definition) is 1. The minimum atomic E-state index is -0.277. The molecule has 31 heavy (non-hydrogen) atoms. The summed E-state index contributed by atoms with van der Waals surface area (Å²) in [6.45, 7) is 3.18. The number of para-hydroxylation sites is 2. The lowest BCUT2D eigenvalue weighted by molar-refractivity contribution is 0.0162. The van der Waals surface area contributed by atoms with Gasteiger partial charge in [0, 0.05) is 19.6 Å². The summed E-state index contributed by atoms with van der Waals surface area (Å²) in [6, 6.07) is 22.9. The van der Waals surface area contributed by atoms with E-state index in [1.165, 1.54) is 12.1 Å². The zero-order valence-corrected chi connectivity index (χ0v) is 17.2. The lowest BCUT2D eigenvalue weighted by Gasteiger charge is -2.35. The number of morpholine rings is 1. The van der Waals surface area contributed by atoms with Gasteiger partial charge < -0.3 is 14.8 Å². The molecule has 1 aliphatic heterocycles. The second-order valence-corrected chi connectivity index (χ2v) is 7.34. The third-order valence-corrected chi connectivity index (χ3v) is 5.30. The molecule has 0 unspecified atom stereocenters. The van der Waals surface area contributed by atoms with E-state index in [-0.39, 0.29) is 17.8 Å². The van der Waals surface area contributed by atoms with Gasteiger partial charge >= 0.3 is 0 Å². The first-order valence-electron chi connectivity index (χ1n) is 10.4. The Morgan fingerprint density at radius 3 is 2.39 bits per heavy atom. The Bertz CT molecular complexity index is 989. The highest BCUT2D eigenvalue weighted by molar-refractivity contribution is 5.97. The highest BCUT2D eigenvalue weighted by atomic mass is 19.1. The standard InChI is InChI=1S/C25H25FN2O3/c26-20-12-10-19(11-13-20)23(28-14-16-30-17-15-28)18-27-25(29)22-8-4-5-9-24(22)31-21-6-2-1-3-7-21/h1-13,23H,14-18H2,(H,27,29)/t23-/m1/s1. The predicted molar refractivity (Wildman–Crippen MR) is 117 cm³/mol. The fraction of sp³-hybridized carbons (Fsp3) is 0.240. The number of hydrogen-bond acceptors (Lipinski definition) is 4. The second-order valence-electron chi connectivity index (χ2n) is 7.34. The summed E-state index contributed by atoms with van der Waals surface area (Å²) in [6.07, 6.45) is 0. The molecule has 0 aromatic heterocycles. The fourth-order valence-electron chi connectivity index (χ4n) is 3.68. The normalized spacial score (nSPS) is 15.3. The third kappa shape index (κ3) is 5.48. The van der Waals surface area contributed by atoms with Gasteiger partial charge in [-0.15, -0.1) is 0 Å². The molecule has 1 aliphatic rings. The Balaban J connectivity index is 1.49. The summed E-state index contributed by atoms with van der Waals surface area (Å²) >= 11 is 0. The first-order valence-corrected chi connectivity index (χ1v) is 10.4. The van der Waals surface area contributed by atoms with Crippen molar-refractivity contribution in [2.75, 3.05) is 32.8 Å². The molecular weight excluding hydrogens is 395 g/mol. The molecule has 0 radical (unpaired) electrons. The Morgan fingerprint density at radius 1 is 0.968 bits per heavy atom. The van der Waals surface area contributed by atoms with Crippen LogP contribution >= 0.6 is 0 Å². The molecule has 0 bridgehead atoms. The molecule has 1 saturated heterocycles. The van der Waals surface area contributed by atoms with Gasteiger partial charge in [-0.05, 0) is 42.0 Å². The van der Waals surface area contributed by atoms with Crippen molar-refractivity contribution in [3.63, 3.8) is 0 Å². The van der Waals surface area contributed by atoms with Crippen molar-refractivity contribution in [3.05, 3.63) is 95.8 Å². The fourth-order valence-corrected chi connectivity index (χ4v) is 3.68. The van der Waals surface area contributed by atoms with Crippen LogP contribution in [0.15, 0.2) is 78.9 Å². The van der Waals surface area contributed by atoms with Gasteiger partial charge in [0.15, 0.2) is 0 Å². The van der Waals surface area contributed by atoms with Gasteiger partial charge in [0.2, 0.25) is 0 Å². The molecule has 1 heterocycles. The van der Waals surface area contributed by atoms with E-state index in [0.717, 1.165) is 18.7 Å². The highest BCUT2D eigenvalue weighted by Gasteiger charge is 2.24. The van der Waals surface area contributed by atoms with Crippen LogP contribution in [-0.4, -0.2) is 43.7 Å². The SMILES string of the molecule is O=C(NC[C@H](c1ccc(F)cc1)N1CCOCC1)c1ccccc1Oc1ccccc1. The number of rotatable bonds is 7. The summed E-state index contributed by atoms with van der Waals surface area (Å²) in [5.41, 5.74) is 1.42. The summed E-state index contributed by atoms with van der Waals surface area (Å²) < 4.78 is 24.8. The summed E-state index contributed by atoms with van der Waals surface area (Å²) in [5, 5.41) is 3.04. The maximum absolute atomic E-state index is 13.4. The van der Waals surface area contributed by atoms with Gasteiger partial charge in [-0.3, -0.25) is 9.69 Å². The molecule has 3 aromatic rings. The van der Waals surface area contributed by atoms with Gasteiger partial charge in [0.25, 0.3) is 5.91 Å². The zero-order chi connectivity index (χ0) is 21.5. The molecule has 5 nitrogen and oxygen atoms in total. The van der Waals surface area contributed by atoms with Crippen LogP contribution in [0.2, 0.25) is 0 Å². The molecule has 1 amide bonds. The van der Waals surface area contributed by atoms with Crippen molar-refractivity contribution < 1.29 is 18.7 Å². The molecule has 1 atom stereocenters. The first-order chi connectivity index (χ1) is 15.2. The van der Waals surface area contributed by atoms with Crippen LogP contribution in [0.5, 0.6) is 11.5 Å². The lowest BCUT2D eigenvalue weighted by atomic mass is 10.0. The van der Waals surface area contributed by atoms with Crippen molar-refractivity contribution in [3.8, 4) is 11.5 Å². The Hall–Kier alpha value is -3.22. The van der Waals surface area contributed by atoms with Crippen LogP contribution in [0.25, 0.3) is 0 Å². The summed E-state index contributed by atoms with van der Waals surface area (Å²) in [5.74, 6) is 0.670. The number of amides is 1. The molecular formula is C25H25FN2O3. The van der Waals surface area contributed by atoms with E-state index >= 15 is 0 Å². The summed E-state index contributed by atoms with van der Waals surface area (Å²) in [4.78, 5) is 15.3. The van der Waals surface area contributed by atoms with Crippen LogP contribution in [0.1, 0.15) is 22.0 Å². The number of ether oxygens (including phenoxy) is 2. The number of carbonyl (C=O) groups excluding carboxylic acids is 1. The molecule has 4 rings (SSSR count). The number of benzene rings is 3. The minimum Gasteiger partial charge on any atom is -0.457 e. The molecule has 1 N–H and O–H groups in total. The molecule has 3 aromatic carbocycles. The van der Waals surface area contributed by atoms with Gasteiger partial charge in [-0.1, -0.05) is 42.5 Å². The van der Waals surface area contributed by atoms with Crippen LogP contribution in [-0.2, 0) is 4.74 Å². The monoisotopic (exact) mass is 420 g/mol. The highest BCUT2D eigenvalue weighted by Crippen LogP contribution is 2.26. The van der Waals surface area contributed by atoms with Gasteiger partial charge in [0.05, 0.1) is 24.8 Å². The largest absolute Gasteiger partial charge is 0.457 e. The predicted octanol–water partition coefficient (Wildman–Crippen LogP) is 4.42. The first kappa shape index (κ1) is 21.0. The zero-order valence-electron chi connectivity index (χ0n) is 17.2. The van der Waals surface area contributed by atoms with E-state index in [9.17, 15) is 9.18 Å². The quantitative estimate of drug-likeness (QED) is 0.615. The number of carbonyl (C=O) groups is 1. The molecule has 0 spiro atoms. The second kappa shape index (κ2) is 10.2. The molecule has 0 saturated carbocycles. The van der Waals surface area contributed by atoms with Crippen molar-refractivity contribution in [2.45, 2.75) is 6.04 Å². The van der Waals surface area contributed by atoms with Crippen molar-refractivity contribution >= 4 is 5.91 Å². The van der Waals surface area contributed by atoms with Crippen molar-refractivity contribution in [2.24, 2.45) is 0 Å². The molecule has 1 fully saturated rings. The Labute approximate surface area is 181 Å². The smallest absolute Gasteiger partial charge is 0.255 e. The molecule has 6 heteroatoms. The van der Waals surface area contributed by atoms with E-state index in [4.69, 9.17) is 9.47 Å². The minimum absolute atomic E-state index is 0.0735. The number of halogens is 1. The van der Waals surface area contributed by atoms with Gasteiger partial charge in [-0.2, -0.15) is 0 Å².